The number of hydrogen-bond donors (Lipinski definition) is 1. The van der Waals surface area contributed by atoms with Gasteiger partial charge in [-0.05, 0) is 38.8 Å². The molecule has 1 N–H and O–H groups in total. The highest BCUT2D eigenvalue weighted by molar-refractivity contribution is 6.02. The maximum absolute atomic E-state index is 12.1. The second-order valence-electron chi connectivity index (χ2n) is 5.50. The second kappa shape index (κ2) is 4.57. The number of fused-ring (bicyclic) bond motifs is 1. The van der Waals surface area contributed by atoms with Gasteiger partial charge in [0.2, 0.25) is 0 Å². The molecule has 0 saturated carbocycles. The van der Waals surface area contributed by atoms with E-state index >= 15 is 0 Å². The van der Waals surface area contributed by atoms with Crippen LogP contribution in [-0.4, -0.2) is 29.3 Å². The number of para-hydroxylation sites is 1. The van der Waals surface area contributed by atoms with Crippen LogP contribution in [-0.2, 0) is 11.2 Å². The molecule has 1 aliphatic heterocycles. The van der Waals surface area contributed by atoms with Crippen molar-refractivity contribution in [1.29, 1.82) is 0 Å². The summed E-state index contributed by atoms with van der Waals surface area (Å²) in [7, 11) is 0. The van der Waals surface area contributed by atoms with Crippen molar-refractivity contribution in [1.82, 2.24) is 0 Å². The van der Waals surface area contributed by atoms with E-state index in [4.69, 9.17) is 4.74 Å². The van der Waals surface area contributed by atoms with Crippen LogP contribution in [0.2, 0.25) is 0 Å². The minimum Gasteiger partial charge on any atom is -0.478 e. The Morgan fingerprint density at radius 2 is 2.00 bits per heavy atom. The minimum atomic E-state index is -1.03. The highest BCUT2D eigenvalue weighted by atomic mass is 16.6. The van der Waals surface area contributed by atoms with E-state index in [1.807, 2.05) is 6.07 Å². The first kappa shape index (κ1) is 13.4. The molecule has 19 heavy (non-hydrogen) atoms. The third-order valence-electron chi connectivity index (χ3n) is 2.84. The van der Waals surface area contributed by atoms with E-state index in [9.17, 15) is 14.7 Å². The summed E-state index contributed by atoms with van der Waals surface area (Å²) in [5.74, 6) is -1.03. The third-order valence-corrected chi connectivity index (χ3v) is 2.84. The number of rotatable bonds is 1. The average molecular weight is 263 g/mol. The standard InChI is InChI=1S/C14H17NO4/c1-14(2,3)19-13(18)15-8-7-9-5-4-6-10(11(9)15)12(16)17/h4-6H,7-8H2,1-3H3,(H,16,17). The van der Waals surface area contributed by atoms with Gasteiger partial charge < -0.3 is 9.84 Å². The van der Waals surface area contributed by atoms with E-state index < -0.39 is 17.7 Å². The number of amides is 1. The van der Waals surface area contributed by atoms with Gasteiger partial charge in [0.15, 0.2) is 0 Å². The third kappa shape index (κ3) is 2.70. The van der Waals surface area contributed by atoms with Crippen LogP contribution >= 0.6 is 0 Å². The van der Waals surface area contributed by atoms with Gasteiger partial charge >= 0.3 is 12.1 Å². The fourth-order valence-electron chi connectivity index (χ4n) is 2.13. The first-order valence-electron chi connectivity index (χ1n) is 6.15. The van der Waals surface area contributed by atoms with E-state index in [0.717, 1.165) is 5.56 Å². The SMILES string of the molecule is CC(C)(C)OC(=O)N1CCc2cccc(C(=O)O)c21. The Balaban J connectivity index is 2.36. The van der Waals surface area contributed by atoms with Gasteiger partial charge in [0, 0.05) is 6.54 Å². The Morgan fingerprint density at radius 3 is 2.58 bits per heavy atom. The lowest BCUT2D eigenvalue weighted by molar-refractivity contribution is 0.0584. The summed E-state index contributed by atoms with van der Waals surface area (Å²) in [4.78, 5) is 24.8. The van der Waals surface area contributed by atoms with Crippen molar-refractivity contribution in [3.8, 4) is 0 Å². The molecular weight excluding hydrogens is 246 g/mol. The quantitative estimate of drug-likeness (QED) is 0.845. The van der Waals surface area contributed by atoms with Crippen molar-refractivity contribution in [3.05, 3.63) is 29.3 Å². The Morgan fingerprint density at radius 1 is 1.32 bits per heavy atom. The molecule has 1 heterocycles. The van der Waals surface area contributed by atoms with Gasteiger partial charge in [0.25, 0.3) is 0 Å². The van der Waals surface area contributed by atoms with Crippen molar-refractivity contribution in [2.75, 3.05) is 11.4 Å². The summed E-state index contributed by atoms with van der Waals surface area (Å²) in [6.07, 6.45) is 0.148. The zero-order chi connectivity index (χ0) is 14.2. The molecule has 1 aromatic carbocycles. The van der Waals surface area contributed by atoms with Gasteiger partial charge in [0.05, 0.1) is 11.3 Å². The minimum absolute atomic E-state index is 0.140. The molecule has 0 saturated heterocycles. The molecule has 0 spiro atoms. The molecule has 102 valence electrons. The summed E-state index contributed by atoms with van der Waals surface area (Å²) >= 11 is 0. The topological polar surface area (TPSA) is 66.8 Å². The summed E-state index contributed by atoms with van der Waals surface area (Å²) in [6.45, 7) is 5.80. The lowest BCUT2D eigenvalue weighted by Gasteiger charge is -2.25. The van der Waals surface area contributed by atoms with Crippen LogP contribution in [0.5, 0.6) is 0 Å². The van der Waals surface area contributed by atoms with Gasteiger partial charge in [-0.1, -0.05) is 12.1 Å². The Bertz CT molecular complexity index is 531. The summed E-state index contributed by atoms with van der Waals surface area (Å²) in [5.41, 5.74) is 0.869. The van der Waals surface area contributed by atoms with Crippen LogP contribution < -0.4 is 4.90 Å². The molecular formula is C14H17NO4. The molecule has 0 aliphatic carbocycles. The molecule has 0 aromatic heterocycles. The van der Waals surface area contributed by atoms with Crippen molar-refractivity contribution in [2.45, 2.75) is 32.8 Å². The highest BCUT2D eigenvalue weighted by Gasteiger charge is 2.32. The maximum atomic E-state index is 12.1. The number of hydrogen-bond acceptors (Lipinski definition) is 3. The van der Waals surface area contributed by atoms with E-state index in [-0.39, 0.29) is 5.56 Å². The van der Waals surface area contributed by atoms with E-state index in [2.05, 4.69) is 0 Å². The molecule has 1 aromatic rings. The lowest BCUT2D eigenvalue weighted by Crippen LogP contribution is -2.36. The Labute approximate surface area is 111 Å². The predicted octanol–water partition coefficient (Wildman–Crippen LogP) is 2.68. The monoisotopic (exact) mass is 263 g/mol. The Kier molecular flexibility index (Phi) is 3.22. The zero-order valence-electron chi connectivity index (χ0n) is 11.3. The van der Waals surface area contributed by atoms with Crippen LogP contribution in [0, 0.1) is 0 Å². The summed E-state index contributed by atoms with van der Waals surface area (Å²) < 4.78 is 5.31. The van der Waals surface area contributed by atoms with Crippen LogP contribution in [0.3, 0.4) is 0 Å². The molecule has 0 atom stereocenters. The number of aromatic carboxylic acids is 1. The number of benzene rings is 1. The first-order valence-corrected chi connectivity index (χ1v) is 6.15. The molecule has 0 bridgehead atoms. The van der Waals surface area contributed by atoms with E-state index in [1.165, 1.54) is 11.0 Å². The summed E-state index contributed by atoms with van der Waals surface area (Å²) in [5, 5.41) is 9.20. The van der Waals surface area contributed by atoms with Gasteiger partial charge in [-0.15, -0.1) is 0 Å². The van der Waals surface area contributed by atoms with Crippen LogP contribution in [0.1, 0.15) is 36.7 Å². The summed E-state index contributed by atoms with van der Waals surface area (Å²) in [6, 6.07) is 5.04. The number of nitrogens with zero attached hydrogens (tertiary/aromatic N) is 1. The number of anilines is 1. The van der Waals surface area contributed by atoms with Gasteiger partial charge in [0.1, 0.15) is 5.60 Å². The van der Waals surface area contributed by atoms with E-state index in [0.29, 0.717) is 18.7 Å². The Hall–Kier alpha value is -2.04. The molecule has 0 unspecified atom stereocenters. The fourth-order valence-corrected chi connectivity index (χ4v) is 2.13. The molecule has 0 radical (unpaired) electrons. The second-order valence-corrected chi connectivity index (χ2v) is 5.50. The molecule has 5 heteroatoms. The van der Waals surface area contributed by atoms with Crippen LogP contribution in [0.15, 0.2) is 18.2 Å². The molecule has 5 nitrogen and oxygen atoms in total. The number of carbonyl (C=O) groups excluding carboxylic acids is 1. The van der Waals surface area contributed by atoms with Gasteiger partial charge in [-0.2, -0.15) is 0 Å². The van der Waals surface area contributed by atoms with Gasteiger partial charge in [-0.25, -0.2) is 9.59 Å². The van der Waals surface area contributed by atoms with Crippen LogP contribution in [0.25, 0.3) is 0 Å². The largest absolute Gasteiger partial charge is 0.478 e. The molecule has 2 rings (SSSR count). The van der Waals surface area contributed by atoms with Crippen molar-refractivity contribution >= 4 is 17.7 Å². The maximum Gasteiger partial charge on any atom is 0.414 e. The number of ether oxygens (including phenoxy) is 1. The predicted molar refractivity (Wildman–Crippen MR) is 70.7 cm³/mol. The normalized spacial score (nSPS) is 14.2. The fraction of sp³-hybridized carbons (Fsp3) is 0.429. The molecule has 1 amide bonds. The van der Waals surface area contributed by atoms with Gasteiger partial charge in [-0.3, -0.25) is 4.90 Å². The number of carboxylic acids is 1. The highest BCUT2D eigenvalue weighted by Crippen LogP contribution is 2.33. The lowest BCUT2D eigenvalue weighted by atomic mass is 10.1. The van der Waals surface area contributed by atoms with Crippen molar-refractivity contribution in [2.24, 2.45) is 0 Å². The van der Waals surface area contributed by atoms with Crippen molar-refractivity contribution < 1.29 is 19.4 Å². The van der Waals surface area contributed by atoms with E-state index in [1.54, 1.807) is 26.8 Å². The molecule has 0 fully saturated rings. The number of carboxylic acid groups (broad SMARTS) is 1. The molecule has 1 aliphatic rings. The first-order chi connectivity index (χ1) is 8.79. The smallest absolute Gasteiger partial charge is 0.414 e. The van der Waals surface area contributed by atoms with Crippen LogP contribution in [0.4, 0.5) is 10.5 Å². The average Bonchev–Trinajstić information content (AvgIpc) is 2.69. The zero-order valence-corrected chi connectivity index (χ0v) is 11.3. The number of carbonyl (C=O) groups is 2. The van der Waals surface area contributed by atoms with Crippen molar-refractivity contribution in [3.63, 3.8) is 0 Å².